The van der Waals surface area contributed by atoms with Gasteiger partial charge in [0.25, 0.3) is 11.8 Å². The average Bonchev–Trinajstić information content (AvgIpc) is 3.20. The van der Waals surface area contributed by atoms with Gasteiger partial charge in [-0.1, -0.05) is 26.0 Å². The van der Waals surface area contributed by atoms with Gasteiger partial charge in [0.05, 0.1) is 17.7 Å². The van der Waals surface area contributed by atoms with E-state index >= 15 is 0 Å². The standard InChI is InChI=1S/C18H20N4O4/c1-11(2)16-21-20-15(26-16)10-19-14(23)8-5-9-22-17(24)12-6-3-4-7-13(12)18(22)25/h3-4,6-7,11H,5,8-10H2,1-2H3,(H,19,23). The van der Waals surface area contributed by atoms with Crippen molar-refractivity contribution >= 4 is 17.7 Å². The number of carbonyl (C=O) groups excluding carboxylic acids is 3. The number of amides is 3. The molecule has 1 aromatic heterocycles. The van der Waals surface area contributed by atoms with Crippen molar-refractivity contribution in [2.24, 2.45) is 0 Å². The molecule has 1 aliphatic heterocycles. The van der Waals surface area contributed by atoms with E-state index in [2.05, 4.69) is 15.5 Å². The maximum atomic E-state index is 12.2. The van der Waals surface area contributed by atoms with Gasteiger partial charge in [-0.15, -0.1) is 10.2 Å². The van der Waals surface area contributed by atoms with Crippen LogP contribution in [0, 0.1) is 0 Å². The number of benzene rings is 1. The SMILES string of the molecule is CC(C)c1nnc(CNC(=O)CCCN2C(=O)c3ccccc3C2=O)o1. The molecule has 0 radical (unpaired) electrons. The number of hydrogen-bond acceptors (Lipinski definition) is 6. The normalized spacial score (nSPS) is 13.4. The molecule has 2 aromatic rings. The van der Waals surface area contributed by atoms with E-state index in [0.29, 0.717) is 29.3 Å². The van der Waals surface area contributed by atoms with Crippen LogP contribution in [0.3, 0.4) is 0 Å². The molecule has 1 aliphatic rings. The first kappa shape index (κ1) is 17.8. The summed E-state index contributed by atoms with van der Waals surface area (Å²) in [6, 6.07) is 6.72. The lowest BCUT2D eigenvalue weighted by atomic mass is 10.1. The van der Waals surface area contributed by atoms with Crippen molar-refractivity contribution in [2.75, 3.05) is 6.54 Å². The largest absolute Gasteiger partial charge is 0.423 e. The second-order valence-corrected chi connectivity index (χ2v) is 6.38. The maximum Gasteiger partial charge on any atom is 0.261 e. The van der Waals surface area contributed by atoms with Crippen molar-refractivity contribution in [2.45, 2.75) is 39.2 Å². The summed E-state index contributed by atoms with van der Waals surface area (Å²) >= 11 is 0. The van der Waals surface area contributed by atoms with Crippen LogP contribution in [0.2, 0.25) is 0 Å². The van der Waals surface area contributed by atoms with E-state index in [1.165, 1.54) is 4.90 Å². The number of fused-ring (bicyclic) bond motifs is 1. The monoisotopic (exact) mass is 356 g/mol. The third-order valence-electron chi connectivity index (χ3n) is 4.08. The van der Waals surface area contributed by atoms with Crippen LogP contribution < -0.4 is 5.32 Å². The van der Waals surface area contributed by atoms with Crippen molar-refractivity contribution in [3.8, 4) is 0 Å². The molecule has 1 aromatic carbocycles. The van der Waals surface area contributed by atoms with Gasteiger partial charge in [-0.2, -0.15) is 0 Å². The highest BCUT2D eigenvalue weighted by Crippen LogP contribution is 2.22. The van der Waals surface area contributed by atoms with Crippen LogP contribution in [-0.4, -0.2) is 39.4 Å². The third-order valence-corrected chi connectivity index (χ3v) is 4.08. The minimum absolute atomic E-state index is 0.131. The molecule has 0 spiro atoms. The summed E-state index contributed by atoms with van der Waals surface area (Å²) in [4.78, 5) is 37.6. The van der Waals surface area contributed by atoms with Gasteiger partial charge in [0.15, 0.2) is 0 Å². The molecule has 0 aliphatic carbocycles. The molecule has 3 amide bonds. The van der Waals surface area contributed by atoms with E-state index in [-0.39, 0.29) is 43.1 Å². The second kappa shape index (κ2) is 7.47. The van der Waals surface area contributed by atoms with E-state index in [4.69, 9.17) is 4.42 Å². The van der Waals surface area contributed by atoms with Crippen LogP contribution in [-0.2, 0) is 11.3 Å². The van der Waals surface area contributed by atoms with E-state index in [9.17, 15) is 14.4 Å². The Hall–Kier alpha value is -3.03. The second-order valence-electron chi connectivity index (χ2n) is 6.38. The molecule has 0 unspecified atom stereocenters. The summed E-state index contributed by atoms with van der Waals surface area (Å²) in [5.74, 6) is 0.191. The fraction of sp³-hybridized carbons (Fsp3) is 0.389. The summed E-state index contributed by atoms with van der Waals surface area (Å²) in [7, 11) is 0. The van der Waals surface area contributed by atoms with Crippen LogP contribution in [0.1, 0.15) is 65.1 Å². The Balaban J connectivity index is 1.44. The molecule has 0 saturated carbocycles. The molecule has 0 atom stereocenters. The highest BCUT2D eigenvalue weighted by molar-refractivity contribution is 6.21. The number of rotatable bonds is 7. The van der Waals surface area contributed by atoms with Gasteiger partial charge >= 0.3 is 0 Å². The van der Waals surface area contributed by atoms with E-state index in [1.54, 1.807) is 24.3 Å². The quantitative estimate of drug-likeness (QED) is 0.760. The lowest BCUT2D eigenvalue weighted by Gasteiger charge is -2.13. The summed E-state index contributed by atoms with van der Waals surface area (Å²) in [6.45, 7) is 4.24. The molecular weight excluding hydrogens is 336 g/mol. The van der Waals surface area contributed by atoms with Crippen molar-refractivity contribution < 1.29 is 18.8 Å². The van der Waals surface area contributed by atoms with E-state index < -0.39 is 0 Å². The molecule has 26 heavy (non-hydrogen) atoms. The topological polar surface area (TPSA) is 105 Å². The number of nitrogens with zero attached hydrogens (tertiary/aromatic N) is 3. The minimum atomic E-state index is -0.307. The molecule has 2 heterocycles. The first-order valence-electron chi connectivity index (χ1n) is 8.51. The molecule has 8 heteroatoms. The molecule has 136 valence electrons. The zero-order valence-corrected chi connectivity index (χ0v) is 14.7. The molecule has 0 fully saturated rings. The lowest BCUT2D eigenvalue weighted by Crippen LogP contribution is -2.32. The van der Waals surface area contributed by atoms with Crippen LogP contribution in [0.25, 0.3) is 0 Å². The van der Waals surface area contributed by atoms with Gasteiger partial charge in [-0.05, 0) is 18.6 Å². The maximum absolute atomic E-state index is 12.2. The van der Waals surface area contributed by atoms with E-state index in [1.807, 2.05) is 13.8 Å². The number of carbonyl (C=O) groups is 3. The number of hydrogen-bond donors (Lipinski definition) is 1. The average molecular weight is 356 g/mol. The predicted molar refractivity (Wildman–Crippen MR) is 91.3 cm³/mol. The smallest absolute Gasteiger partial charge is 0.261 e. The first-order valence-corrected chi connectivity index (χ1v) is 8.51. The Bertz CT molecular complexity index is 808. The van der Waals surface area contributed by atoms with Crippen LogP contribution in [0.4, 0.5) is 0 Å². The zero-order valence-electron chi connectivity index (χ0n) is 14.7. The Kier molecular flexibility index (Phi) is 5.11. The van der Waals surface area contributed by atoms with Crippen LogP contribution >= 0.6 is 0 Å². The first-order chi connectivity index (χ1) is 12.5. The minimum Gasteiger partial charge on any atom is -0.423 e. The Labute approximate surface area is 150 Å². The Morgan fingerprint density at radius 1 is 1.15 bits per heavy atom. The van der Waals surface area contributed by atoms with Gasteiger partial charge in [0.1, 0.15) is 0 Å². The van der Waals surface area contributed by atoms with Crippen LogP contribution in [0.15, 0.2) is 28.7 Å². The molecular formula is C18H20N4O4. The number of aromatic nitrogens is 2. The van der Waals surface area contributed by atoms with Gasteiger partial charge in [0, 0.05) is 18.9 Å². The highest BCUT2D eigenvalue weighted by atomic mass is 16.4. The molecule has 0 saturated heterocycles. The van der Waals surface area contributed by atoms with E-state index in [0.717, 1.165) is 0 Å². The Morgan fingerprint density at radius 2 is 1.81 bits per heavy atom. The van der Waals surface area contributed by atoms with Gasteiger partial charge in [-0.25, -0.2) is 0 Å². The summed E-state index contributed by atoms with van der Waals surface area (Å²) < 4.78 is 5.41. The fourth-order valence-corrected chi connectivity index (χ4v) is 2.67. The van der Waals surface area contributed by atoms with Crippen molar-refractivity contribution in [1.82, 2.24) is 20.4 Å². The van der Waals surface area contributed by atoms with Gasteiger partial charge in [0.2, 0.25) is 17.7 Å². The zero-order chi connectivity index (χ0) is 18.7. The number of nitrogens with one attached hydrogen (secondary N) is 1. The van der Waals surface area contributed by atoms with Crippen molar-refractivity contribution in [3.63, 3.8) is 0 Å². The summed E-state index contributed by atoms with van der Waals surface area (Å²) in [6.07, 6.45) is 0.580. The van der Waals surface area contributed by atoms with Crippen molar-refractivity contribution in [3.05, 3.63) is 47.2 Å². The summed E-state index contributed by atoms with van der Waals surface area (Å²) in [5.41, 5.74) is 0.832. The molecule has 3 rings (SSSR count). The predicted octanol–water partition coefficient (Wildman–Crippen LogP) is 1.89. The highest BCUT2D eigenvalue weighted by Gasteiger charge is 2.34. The molecule has 1 N–H and O–H groups in total. The Morgan fingerprint density at radius 3 is 2.38 bits per heavy atom. The lowest BCUT2D eigenvalue weighted by molar-refractivity contribution is -0.121. The summed E-state index contributed by atoms with van der Waals surface area (Å²) in [5, 5.41) is 10.5. The molecule has 8 nitrogen and oxygen atoms in total. The van der Waals surface area contributed by atoms with Crippen molar-refractivity contribution in [1.29, 1.82) is 0 Å². The van der Waals surface area contributed by atoms with Gasteiger partial charge < -0.3 is 9.73 Å². The number of imide groups is 1. The fourth-order valence-electron chi connectivity index (χ4n) is 2.67. The molecule has 0 bridgehead atoms. The van der Waals surface area contributed by atoms with Gasteiger partial charge in [-0.3, -0.25) is 19.3 Å². The third kappa shape index (κ3) is 3.63. The van der Waals surface area contributed by atoms with Crippen LogP contribution in [0.5, 0.6) is 0 Å².